The van der Waals surface area contributed by atoms with Gasteiger partial charge in [0.1, 0.15) is 0 Å². The molecule has 3 nitrogen and oxygen atoms in total. The Morgan fingerprint density at radius 1 is 1.53 bits per heavy atom. The first-order valence-electron chi connectivity index (χ1n) is 5.50. The summed E-state index contributed by atoms with van der Waals surface area (Å²) in [4.78, 5) is 13.7. The Kier molecular flexibility index (Phi) is 3.54. The molecule has 0 N–H and O–H groups in total. The van der Waals surface area contributed by atoms with Gasteiger partial charge in [0.05, 0.1) is 11.1 Å². The molecule has 0 saturated heterocycles. The van der Waals surface area contributed by atoms with Gasteiger partial charge in [-0.3, -0.25) is 9.48 Å². The summed E-state index contributed by atoms with van der Waals surface area (Å²) < 4.78 is 1.83. The molecule has 0 aliphatic heterocycles. The first kappa shape index (κ1) is 11.8. The van der Waals surface area contributed by atoms with Gasteiger partial charge in [0.25, 0.3) is 0 Å². The third-order valence-corrected chi connectivity index (χ3v) is 3.40. The second-order valence-corrected chi connectivity index (χ2v) is 5.03. The van der Waals surface area contributed by atoms with Crippen molar-refractivity contribution in [1.29, 1.82) is 0 Å². The maximum absolute atomic E-state index is 11.8. The predicted octanol–water partition coefficient (Wildman–Crippen LogP) is 3.17. The lowest BCUT2D eigenvalue weighted by atomic mass is 10.2. The zero-order chi connectivity index (χ0) is 12.3. The van der Waals surface area contributed by atoms with Crippen LogP contribution in [0.1, 0.15) is 27.0 Å². The van der Waals surface area contributed by atoms with Gasteiger partial charge >= 0.3 is 0 Å². The number of rotatable bonds is 4. The first-order chi connectivity index (χ1) is 8.19. The van der Waals surface area contributed by atoms with Gasteiger partial charge < -0.3 is 0 Å². The lowest BCUT2D eigenvalue weighted by Gasteiger charge is -1.90. The van der Waals surface area contributed by atoms with E-state index >= 15 is 0 Å². The summed E-state index contributed by atoms with van der Waals surface area (Å²) in [7, 11) is 0. The largest absolute Gasteiger partial charge is 0.288 e. The van der Waals surface area contributed by atoms with Crippen LogP contribution in [0.4, 0.5) is 0 Å². The minimum absolute atomic E-state index is 0.0485. The number of ketones is 1. The van der Waals surface area contributed by atoms with E-state index in [1.807, 2.05) is 36.9 Å². The highest BCUT2D eigenvalue weighted by Gasteiger charge is 2.04. The molecule has 0 fully saturated rings. The third kappa shape index (κ3) is 2.91. The highest BCUT2D eigenvalue weighted by atomic mass is 32.1. The number of hydrogen-bond donors (Lipinski definition) is 0. The molecule has 2 aromatic rings. The Balaban J connectivity index is 2.08. The molecule has 17 heavy (non-hydrogen) atoms. The number of thiophene rings is 1. The zero-order valence-corrected chi connectivity index (χ0v) is 10.7. The van der Waals surface area contributed by atoms with E-state index in [4.69, 9.17) is 0 Å². The van der Waals surface area contributed by atoms with Crippen LogP contribution in [0.2, 0.25) is 0 Å². The number of hydrogen-bond acceptors (Lipinski definition) is 3. The SMILES string of the molecule is CCn1cc(/C=C/C(=O)c2ccc(C)s2)cn1. The number of nitrogens with zero attached hydrogens (tertiary/aromatic N) is 2. The minimum atomic E-state index is 0.0485. The van der Waals surface area contributed by atoms with Gasteiger partial charge in [0, 0.05) is 23.2 Å². The molecule has 0 atom stereocenters. The molecule has 2 heterocycles. The van der Waals surface area contributed by atoms with Crippen LogP contribution in [0, 0.1) is 6.92 Å². The minimum Gasteiger partial charge on any atom is -0.288 e. The standard InChI is InChI=1S/C13H14N2OS/c1-3-15-9-11(8-14-15)5-6-12(16)13-7-4-10(2)17-13/h4-9H,3H2,1-2H3/b6-5+. The van der Waals surface area contributed by atoms with Gasteiger partial charge in [-0.15, -0.1) is 11.3 Å². The predicted molar refractivity (Wildman–Crippen MR) is 70.3 cm³/mol. The summed E-state index contributed by atoms with van der Waals surface area (Å²) in [6.45, 7) is 4.86. The fraction of sp³-hybridized carbons (Fsp3) is 0.231. The monoisotopic (exact) mass is 246 g/mol. The van der Waals surface area contributed by atoms with Crippen LogP contribution in [0.15, 0.2) is 30.6 Å². The lowest BCUT2D eigenvalue weighted by molar-refractivity contribution is 0.105. The number of aromatic nitrogens is 2. The molecular weight excluding hydrogens is 232 g/mol. The van der Waals surface area contributed by atoms with E-state index in [2.05, 4.69) is 5.10 Å². The van der Waals surface area contributed by atoms with Crippen molar-refractivity contribution in [1.82, 2.24) is 9.78 Å². The molecule has 2 aromatic heterocycles. The van der Waals surface area contributed by atoms with E-state index in [0.717, 1.165) is 21.9 Å². The van der Waals surface area contributed by atoms with E-state index < -0.39 is 0 Å². The summed E-state index contributed by atoms with van der Waals surface area (Å²) in [6.07, 6.45) is 7.08. The van der Waals surface area contributed by atoms with Crippen LogP contribution in [0.3, 0.4) is 0 Å². The van der Waals surface area contributed by atoms with Crippen molar-refractivity contribution in [2.75, 3.05) is 0 Å². The van der Waals surface area contributed by atoms with Gasteiger partial charge in [0.15, 0.2) is 5.78 Å². The number of allylic oxidation sites excluding steroid dienone is 1. The molecule has 0 aliphatic rings. The topological polar surface area (TPSA) is 34.9 Å². The molecule has 0 amide bonds. The third-order valence-electron chi connectivity index (χ3n) is 2.39. The van der Waals surface area contributed by atoms with Crippen LogP contribution in [-0.4, -0.2) is 15.6 Å². The molecule has 2 rings (SSSR count). The Bertz CT molecular complexity index is 551. The van der Waals surface area contributed by atoms with Crippen molar-refractivity contribution in [3.05, 3.63) is 45.9 Å². The van der Waals surface area contributed by atoms with Gasteiger partial charge in [-0.25, -0.2) is 0 Å². The van der Waals surface area contributed by atoms with E-state index in [1.165, 1.54) is 11.3 Å². The number of aryl methyl sites for hydroxylation is 2. The molecular formula is C13H14N2OS. The zero-order valence-electron chi connectivity index (χ0n) is 9.88. The second-order valence-electron chi connectivity index (χ2n) is 3.74. The van der Waals surface area contributed by atoms with E-state index in [0.29, 0.717) is 0 Å². The average Bonchev–Trinajstić information content (AvgIpc) is 2.94. The maximum Gasteiger partial charge on any atom is 0.195 e. The van der Waals surface area contributed by atoms with Crippen LogP contribution in [0.5, 0.6) is 0 Å². The van der Waals surface area contributed by atoms with Crippen LogP contribution in [-0.2, 0) is 6.54 Å². The van der Waals surface area contributed by atoms with Gasteiger partial charge in [-0.05, 0) is 38.1 Å². The molecule has 4 heteroatoms. The molecule has 0 radical (unpaired) electrons. The van der Waals surface area contributed by atoms with Crippen molar-refractivity contribution in [2.24, 2.45) is 0 Å². The van der Waals surface area contributed by atoms with Gasteiger partial charge in [-0.2, -0.15) is 5.10 Å². The summed E-state index contributed by atoms with van der Waals surface area (Å²) in [5.74, 6) is 0.0485. The summed E-state index contributed by atoms with van der Waals surface area (Å²) >= 11 is 1.52. The van der Waals surface area contributed by atoms with Crippen LogP contribution in [0.25, 0.3) is 6.08 Å². The van der Waals surface area contributed by atoms with Crippen molar-refractivity contribution in [3.63, 3.8) is 0 Å². The molecule has 0 aromatic carbocycles. The Morgan fingerprint density at radius 3 is 2.94 bits per heavy atom. The van der Waals surface area contributed by atoms with Crippen molar-refractivity contribution >= 4 is 23.2 Å². The summed E-state index contributed by atoms with van der Waals surface area (Å²) in [5, 5.41) is 4.15. The van der Waals surface area contributed by atoms with Crippen molar-refractivity contribution in [3.8, 4) is 0 Å². The Labute approximate surface area is 104 Å². The number of carbonyl (C=O) groups excluding carboxylic acids is 1. The maximum atomic E-state index is 11.8. The molecule has 88 valence electrons. The highest BCUT2D eigenvalue weighted by molar-refractivity contribution is 7.14. The average molecular weight is 246 g/mol. The number of carbonyl (C=O) groups is 1. The fourth-order valence-corrected chi connectivity index (χ4v) is 2.25. The quantitative estimate of drug-likeness (QED) is 0.613. The lowest BCUT2D eigenvalue weighted by Crippen LogP contribution is -1.92. The fourth-order valence-electron chi connectivity index (χ4n) is 1.46. The van der Waals surface area contributed by atoms with Crippen molar-refractivity contribution in [2.45, 2.75) is 20.4 Å². The molecule has 0 aliphatic carbocycles. The summed E-state index contributed by atoms with van der Waals surface area (Å²) in [6, 6.07) is 3.82. The summed E-state index contributed by atoms with van der Waals surface area (Å²) in [5.41, 5.74) is 0.952. The highest BCUT2D eigenvalue weighted by Crippen LogP contribution is 2.16. The molecule has 0 spiro atoms. The Morgan fingerprint density at radius 2 is 2.35 bits per heavy atom. The second kappa shape index (κ2) is 5.10. The van der Waals surface area contributed by atoms with Crippen LogP contribution >= 0.6 is 11.3 Å². The molecule has 0 unspecified atom stereocenters. The smallest absolute Gasteiger partial charge is 0.195 e. The van der Waals surface area contributed by atoms with E-state index in [-0.39, 0.29) is 5.78 Å². The van der Waals surface area contributed by atoms with E-state index in [1.54, 1.807) is 18.3 Å². The van der Waals surface area contributed by atoms with E-state index in [9.17, 15) is 4.79 Å². The van der Waals surface area contributed by atoms with Crippen molar-refractivity contribution < 1.29 is 4.79 Å². The van der Waals surface area contributed by atoms with Gasteiger partial charge in [0.2, 0.25) is 0 Å². The first-order valence-corrected chi connectivity index (χ1v) is 6.32. The normalized spacial score (nSPS) is 11.2. The molecule has 0 saturated carbocycles. The molecule has 0 bridgehead atoms. The van der Waals surface area contributed by atoms with Crippen LogP contribution < -0.4 is 0 Å². The van der Waals surface area contributed by atoms with Gasteiger partial charge in [-0.1, -0.05) is 0 Å². The Hall–Kier alpha value is -1.68.